The van der Waals surface area contributed by atoms with E-state index in [0.29, 0.717) is 0 Å². The molecule has 2 aromatic rings. The monoisotopic (exact) mass is 371 g/mol. The molecule has 138 valence electrons. The van der Waals surface area contributed by atoms with Crippen molar-refractivity contribution in [1.82, 2.24) is 14.8 Å². The van der Waals surface area contributed by atoms with Crippen molar-refractivity contribution in [3.63, 3.8) is 0 Å². The number of piperazine rings is 1. The van der Waals surface area contributed by atoms with Gasteiger partial charge in [0.1, 0.15) is 0 Å². The van der Waals surface area contributed by atoms with E-state index in [2.05, 4.69) is 39.0 Å². The zero-order valence-corrected chi connectivity index (χ0v) is 15.7. The van der Waals surface area contributed by atoms with E-state index in [0.717, 1.165) is 38.3 Å². The number of aromatic nitrogens is 1. The fraction of sp³-hybridized carbons (Fsp3) is 0.450. The van der Waals surface area contributed by atoms with E-state index >= 15 is 0 Å². The molecule has 26 heavy (non-hydrogen) atoms. The lowest BCUT2D eigenvalue weighted by Crippen LogP contribution is -2.59. The summed E-state index contributed by atoms with van der Waals surface area (Å²) in [7, 11) is -2.97. The first-order chi connectivity index (χ1) is 12.6. The number of nitrogens with zero attached hydrogens (tertiary/aromatic N) is 3. The molecule has 0 bridgehead atoms. The van der Waals surface area contributed by atoms with Crippen LogP contribution in [-0.2, 0) is 22.8 Å². The molecule has 0 amide bonds. The highest BCUT2D eigenvalue weighted by Gasteiger charge is 2.46. The Hall–Kier alpha value is -1.76. The van der Waals surface area contributed by atoms with E-state index in [1.807, 2.05) is 24.3 Å². The Morgan fingerprint density at radius 1 is 0.923 bits per heavy atom. The van der Waals surface area contributed by atoms with Crippen molar-refractivity contribution in [1.29, 1.82) is 0 Å². The number of pyridine rings is 1. The van der Waals surface area contributed by atoms with Crippen molar-refractivity contribution in [2.24, 2.45) is 0 Å². The summed E-state index contributed by atoms with van der Waals surface area (Å²) >= 11 is 0. The summed E-state index contributed by atoms with van der Waals surface area (Å²) in [6.45, 7) is 3.45. The van der Waals surface area contributed by atoms with Crippen LogP contribution < -0.4 is 0 Å². The maximum atomic E-state index is 12.3. The van der Waals surface area contributed by atoms with Gasteiger partial charge in [0.25, 0.3) is 0 Å². The Morgan fingerprint density at radius 3 is 2.35 bits per heavy atom. The fourth-order valence-electron chi connectivity index (χ4n) is 4.19. The van der Waals surface area contributed by atoms with Crippen LogP contribution in [0.25, 0.3) is 0 Å². The van der Waals surface area contributed by atoms with Gasteiger partial charge in [-0.05, 0) is 24.1 Å². The fourth-order valence-corrected chi connectivity index (χ4v) is 6.23. The molecule has 4 rings (SSSR count). The van der Waals surface area contributed by atoms with Crippen molar-refractivity contribution in [3.05, 3.63) is 66.0 Å². The molecule has 2 aliphatic heterocycles. The minimum absolute atomic E-state index is 0.0755. The number of hydrogen-bond acceptors (Lipinski definition) is 5. The Balaban J connectivity index is 1.47. The highest BCUT2D eigenvalue weighted by Crippen LogP contribution is 2.28. The number of fused-ring (bicyclic) bond motifs is 1. The summed E-state index contributed by atoms with van der Waals surface area (Å²) in [5.74, 6) is 0.553. The summed E-state index contributed by atoms with van der Waals surface area (Å²) in [5.41, 5.74) is 2.31. The predicted octanol–water partition coefficient (Wildman–Crippen LogP) is 1.61. The van der Waals surface area contributed by atoms with E-state index in [4.69, 9.17) is 0 Å². The first-order valence-corrected chi connectivity index (χ1v) is 11.1. The summed E-state index contributed by atoms with van der Waals surface area (Å²) in [4.78, 5) is 9.12. The molecule has 2 aliphatic rings. The van der Waals surface area contributed by atoms with Crippen LogP contribution in [0.2, 0.25) is 0 Å². The first-order valence-electron chi connectivity index (χ1n) is 9.23. The number of benzene rings is 1. The van der Waals surface area contributed by atoms with Crippen molar-refractivity contribution < 1.29 is 8.42 Å². The van der Waals surface area contributed by atoms with Gasteiger partial charge in [0, 0.05) is 44.5 Å². The molecule has 0 aliphatic carbocycles. The molecule has 1 aromatic heterocycles. The molecule has 5 nitrogen and oxygen atoms in total. The lowest BCUT2D eigenvalue weighted by atomic mass is 10.0. The SMILES string of the molecule is O=S1(=O)C[C@@H]2[C@H](C1)N(CCc1ccccc1)CCN2Cc1ccccn1. The standard InChI is InChI=1S/C20H25N3O2S/c24-26(25)15-19-20(16-26)23(14-18-8-4-5-10-21-18)13-12-22(19)11-9-17-6-2-1-3-7-17/h1-8,10,19-20H,9,11-16H2/t19-,20+/m0/s1. The minimum atomic E-state index is -2.97. The third-order valence-corrected chi connectivity index (χ3v) is 7.23. The highest BCUT2D eigenvalue weighted by molar-refractivity contribution is 7.91. The molecule has 6 heteroatoms. The lowest BCUT2D eigenvalue weighted by Gasteiger charge is -2.43. The second-order valence-corrected chi connectivity index (χ2v) is 9.43. The van der Waals surface area contributed by atoms with Gasteiger partial charge in [0.05, 0.1) is 17.2 Å². The molecule has 2 atom stereocenters. The third-order valence-electron chi connectivity index (χ3n) is 5.53. The quantitative estimate of drug-likeness (QED) is 0.799. The second-order valence-electron chi connectivity index (χ2n) is 7.27. The van der Waals surface area contributed by atoms with E-state index in [9.17, 15) is 8.42 Å². The molecule has 0 radical (unpaired) electrons. The average molecular weight is 372 g/mol. The van der Waals surface area contributed by atoms with Gasteiger partial charge in [0.15, 0.2) is 9.84 Å². The minimum Gasteiger partial charge on any atom is -0.296 e. The van der Waals surface area contributed by atoms with Crippen LogP contribution >= 0.6 is 0 Å². The van der Waals surface area contributed by atoms with Gasteiger partial charge in [0.2, 0.25) is 0 Å². The molecular formula is C20H25N3O2S. The van der Waals surface area contributed by atoms with Crippen LogP contribution in [0.1, 0.15) is 11.3 Å². The zero-order chi connectivity index (χ0) is 18.0. The van der Waals surface area contributed by atoms with Crippen LogP contribution in [0.15, 0.2) is 54.7 Å². The Kier molecular flexibility index (Phi) is 5.07. The molecule has 1 aromatic carbocycles. The van der Waals surface area contributed by atoms with Crippen LogP contribution in [0.5, 0.6) is 0 Å². The van der Waals surface area contributed by atoms with Gasteiger partial charge in [-0.15, -0.1) is 0 Å². The smallest absolute Gasteiger partial charge is 0.153 e. The third kappa shape index (κ3) is 3.98. The summed E-state index contributed by atoms with van der Waals surface area (Å²) in [5, 5.41) is 0. The number of rotatable bonds is 5. The van der Waals surface area contributed by atoms with Gasteiger partial charge in [-0.3, -0.25) is 14.8 Å². The van der Waals surface area contributed by atoms with Crippen molar-refractivity contribution >= 4 is 9.84 Å². The summed E-state index contributed by atoms with van der Waals surface area (Å²) < 4.78 is 24.7. The van der Waals surface area contributed by atoms with Crippen molar-refractivity contribution in [3.8, 4) is 0 Å². The molecule has 0 spiro atoms. The Bertz CT molecular complexity index is 827. The predicted molar refractivity (Wildman–Crippen MR) is 103 cm³/mol. The number of hydrogen-bond donors (Lipinski definition) is 0. The molecule has 0 unspecified atom stereocenters. The van der Waals surface area contributed by atoms with Gasteiger partial charge in [-0.25, -0.2) is 8.42 Å². The van der Waals surface area contributed by atoms with Crippen molar-refractivity contribution in [2.75, 3.05) is 31.1 Å². The largest absolute Gasteiger partial charge is 0.296 e. The normalized spacial score (nSPS) is 25.8. The van der Waals surface area contributed by atoms with E-state index < -0.39 is 9.84 Å². The summed E-state index contributed by atoms with van der Waals surface area (Å²) in [6, 6.07) is 16.5. The van der Waals surface area contributed by atoms with Gasteiger partial charge < -0.3 is 0 Å². The molecular weight excluding hydrogens is 346 g/mol. The van der Waals surface area contributed by atoms with Crippen LogP contribution in [-0.4, -0.2) is 66.4 Å². The molecule has 0 saturated carbocycles. The number of sulfone groups is 1. The Labute approximate surface area is 155 Å². The van der Waals surface area contributed by atoms with E-state index in [1.165, 1.54) is 5.56 Å². The molecule has 2 saturated heterocycles. The summed E-state index contributed by atoms with van der Waals surface area (Å²) in [6.07, 6.45) is 2.76. The molecule has 2 fully saturated rings. The highest BCUT2D eigenvalue weighted by atomic mass is 32.2. The maximum absolute atomic E-state index is 12.3. The van der Waals surface area contributed by atoms with Crippen LogP contribution in [0.4, 0.5) is 0 Å². The van der Waals surface area contributed by atoms with Crippen molar-refractivity contribution in [2.45, 2.75) is 25.0 Å². The zero-order valence-electron chi connectivity index (χ0n) is 14.9. The van der Waals surface area contributed by atoms with E-state index in [-0.39, 0.29) is 23.6 Å². The average Bonchev–Trinajstić information content (AvgIpc) is 2.98. The molecule has 0 N–H and O–H groups in total. The first kappa shape index (κ1) is 17.6. The van der Waals surface area contributed by atoms with Gasteiger partial charge in [-0.1, -0.05) is 36.4 Å². The van der Waals surface area contributed by atoms with Crippen LogP contribution in [0, 0.1) is 0 Å². The van der Waals surface area contributed by atoms with E-state index in [1.54, 1.807) is 6.20 Å². The lowest BCUT2D eigenvalue weighted by molar-refractivity contribution is 0.0404. The maximum Gasteiger partial charge on any atom is 0.153 e. The van der Waals surface area contributed by atoms with Gasteiger partial charge >= 0.3 is 0 Å². The second kappa shape index (κ2) is 7.47. The topological polar surface area (TPSA) is 53.5 Å². The van der Waals surface area contributed by atoms with Crippen LogP contribution in [0.3, 0.4) is 0 Å². The van der Waals surface area contributed by atoms with Gasteiger partial charge in [-0.2, -0.15) is 0 Å². The Morgan fingerprint density at radius 2 is 1.62 bits per heavy atom. The molecule has 3 heterocycles.